The Morgan fingerprint density at radius 1 is 1.19 bits per heavy atom. The van der Waals surface area contributed by atoms with Crippen LogP contribution in [0.3, 0.4) is 0 Å². The summed E-state index contributed by atoms with van der Waals surface area (Å²) in [5, 5.41) is 2.10. The first-order chi connectivity index (χ1) is 12.8. The molecule has 0 fully saturated rings. The first-order valence-electron chi connectivity index (χ1n) is 8.27. The smallest absolute Gasteiger partial charge is 0.419 e. The summed E-state index contributed by atoms with van der Waals surface area (Å²) in [5.41, 5.74) is 1.68. The Labute approximate surface area is 174 Å². The van der Waals surface area contributed by atoms with Gasteiger partial charge in [-0.05, 0) is 49.4 Å². The Hall–Kier alpha value is -2.13. The highest BCUT2D eigenvalue weighted by molar-refractivity contribution is 14.1. The summed E-state index contributed by atoms with van der Waals surface area (Å²) in [5.74, 6) is 0. The fourth-order valence-corrected chi connectivity index (χ4v) is 4.15. The van der Waals surface area contributed by atoms with E-state index in [1.807, 2.05) is 55.8 Å². The van der Waals surface area contributed by atoms with E-state index in [0.717, 1.165) is 25.5 Å². The number of hydrogen-bond acceptors (Lipinski definition) is 4. The van der Waals surface area contributed by atoms with Crippen molar-refractivity contribution in [3.8, 4) is 5.69 Å². The fourth-order valence-electron chi connectivity index (χ4n) is 2.98. The fraction of sp³-hybridized carbons (Fsp3) is 0.211. The van der Waals surface area contributed by atoms with Gasteiger partial charge < -0.3 is 4.74 Å². The summed E-state index contributed by atoms with van der Waals surface area (Å²) in [6, 6.07) is 7.68. The van der Waals surface area contributed by atoms with Gasteiger partial charge in [0.2, 0.25) is 0 Å². The number of halogens is 2. The van der Waals surface area contributed by atoms with E-state index in [1.54, 1.807) is 6.20 Å². The standard InChI is InChI=1S/C19H16ClIN4O2/c1-19(2,3)27-18(26)25-9-14(11-6-4-5-7-13(11)25)24-8-12(21)15-16(20)22-10-23-17(15)24/h4-10H,1-3H3. The number of rotatable bonds is 1. The number of ether oxygens (including phenoxy) is 1. The van der Waals surface area contributed by atoms with Gasteiger partial charge in [-0.2, -0.15) is 0 Å². The number of nitrogens with zero attached hydrogens (tertiary/aromatic N) is 4. The van der Waals surface area contributed by atoms with Crippen molar-refractivity contribution >= 4 is 62.2 Å². The third-order valence-electron chi connectivity index (χ3n) is 4.03. The van der Waals surface area contributed by atoms with E-state index >= 15 is 0 Å². The van der Waals surface area contributed by atoms with Gasteiger partial charge in [-0.25, -0.2) is 14.8 Å². The summed E-state index contributed by atoms with van der Waals surface area (Å²) < 4.78 is 9.94. The third-order valence-corrected chi connectivity index (χ3v) is 5.14. The normalized spacial score (nSPS) is 12.0. The van der Waals surface area contributed by atoms with Crippen molar-refractivity contribution < 1.29 is 9.53 Å². The van der Waals surface area contributed by atoms with E-state index < -0.39 is 11.7 Å². The van der Waals surface area contributed by atoms with Crippen molar-refractivity contribution in [1.82, 2.24) is 19.1 Å². The van der Waals surface area contributed by atoms with E-state index in [2.05, 4.69) is 32.6 Å². The van der Waals surface area contributed by atoms with E-state index in [0.29, 0.717) is 10.8 Å². The van der Waals surface area contributed by atoms with Gasteiger partial charge in [0.05, 0.1) is 16.6 Å². The van der Waals surface area contributed by atoms with Gasteiger partial charge in [0.25, 0.3) is 0 Å². The summed E-state index contributed by atoms with van der Waals surface area (Å²) in [6.45, 7) is 5.54. The SMILES string of the molecule is CC(C)(C)OC(=O)n1cc(-n2cc(I)c3c(Cl)ncnc32)c2ccccc21. The lowest BCUT2D eigenvalue weighted by molar-refractivity contribution is 0.0544. The molecule has 8 heteroatoms. The number of carbonyl (C=O) groups is 1. The first kappa shape index (κ1) is 18.2. The minimum absolute atomic E-state index is 0.402. The largest absolute Gasteiger partial charge is 0.443 e. The molecule has 0 N–H and O–H groups in total. The van der Waals surface area contributed by atoms with Gasteiger partial charge in [-0.1, -0.05) is 29.8 Å². The van der Waals surface area contributed by atoms with E-state index in [-0.39, 0.29) is 0 Å². The second-order valence-corrected chi connectivity index (χ2v) is 8.61. The molecule has 0 bridgehead atoms. The zero-order valence-corrected chi connectivity index (χ0v) is 17.8. The number of hydrogen-bond donors (Lipinski definition) is 0. The van der Waals surface area contributed by atoms with Crippen LogP contribution in [0.5, 0.6) is 0 Å². The highest BCUT2D eigenvalue weighted by Crippen LogP contribution is 2.32. The Balaban J connectivity index is 1.97. The van der Waals surface area contributed by atoms with E-state index in [1.165, 1.54) is 10.9 Å². The molecule has 1 aromatic carbocycles. The van der Waals surface area contributed by atoms with E-state index in [4.69, 9.17) is 16.3 Å². The van der Waals surface area contributed by atoms with Crippen LogP contribution in [0.4, 0.5) is 4.79 Å². The quantitative estimate of drug-likeness (QED) is 0.262. The molecule has 4 rings (SSSR count). The number of fused-ring (bicyclic) bond motifs is 2. The molecule has 0 spiro atoms. The highest BCUT2D eigenvalue weighted by atomic mass is 127. The second kappa shape index (κ2) is 6.49. The lowest BCUT2D eigenvalue weighted by Gasteiger charge is -2.19. The first-order valence-corrected chi connectivity index (χ1v) is 9.73. The molecule has 6 nitrogen and oxygen atoms in total. The molecule has 0 saturated heterocycles. The summed E-state index contributed by atoms with van der Waals surface area (Å²) in [4.78, 5) is 21.2. The summed E-state index contributed by atoms with van der Waals surface area (Å²) in [6.07, 6.45) is 4.71. The molecule has 138 valence electrons. The Morgan fingerprint density at radius 2 is 1.93 bits per heavy atom. The zero-order chi connectivity index (χ0) is 19.3. The van der Waals surface area contributed by atoms with Gasteiger partial charge >= 0.3 is 6.09 Å². The zero-order valence-electron chi connectivity index (χ0n) is 14.9. The van der Waals surface area contributed by atoms with Gasteiger partial charge in [0.15, 0.2) is 5.65 Å². The molecule has 27 heavy (non-hydrogen) atoms. The molecule has 0 amide bonds. The molecule has 0 radical (unpaired) electrons. The Bertz CT molecular complexity index is 1190. The van der Waals surface area contributed by atoms with Crippen LogP contribution >= 0.6 is 34.2 Å². The topological polar surface area (TPSA) is 61.9 Å². The van der Waals surface area contributed by atoms with E-state index in [9.17, 15) is 4.79 Å². The lowest BCUT2D eigenvalue weighted by Crippen LogP contribution is -2.26. The minimum atomic E-state index is -0.584. The van der Waals surface area contributed by atoms with Crippen molar-refractivity contribution in [3.05, 3.63) is 51.7 Å². The predicted molar refractivity (Wildman–Crippen MR) is 114 cm³/mol. The monoisotopic (exact) mass is 494 g/mol. The van der Waals surface area contributed by atoms with Crippen LogP contribution in [0.25, 0.3) is 27.6 Å². The Kier molecular flexibility index (Phi) is 4.38. The van der Waals surface area contributed by atoms with Crippen LogP contribution in [-0.4, -0.2) is 30.8 Å². The van der Waals surface area contributed by atoms with Crippen molar-refractivity contribution in [2.24, 2.45) is 0 Å². The van der Waals surface area contributed by atoms with Gasteiger partial charge in [0, 0.05) is 21.4 Å². The number of aromatic nitrogens is 4. The van der Waals surface area contributed by atoms with Crippen molar-refractivity contribution in [1.29, 1.82) is 0 Å². The maximum absolute atomic E-state index is 12.7. The molecule has 0 saturated carbocycles. The average molecular weight is 495 g/mol. The number of carbonyl (C=O) groups excluding carboxylic acids is 1. The van der Waals surface area contributed by atoms with Gasteiger partial charge in [0.1, 0.15) is 17.1 Å². The molecular formula is C19H16ClIN4O2. The maximum atomic E-state index is 12.7. The predicted octanol–water partition coefficient (Wildman–Crippen LogP) is 5.42. The molecule has 0 aliphatic rings. The average Bonchev–Trinajstić information content (AvgIpc) is 3.12. The highest BCUT2D eigenvalue weighted by Gasteiger charge is 2.22. The molecule has 0 aliphatic heterocycles. The summed E-state index contributed by atoms with van der Waals surface area (Å²) in [7, 11) is 0. The summed E-state index contributed by atoms with van der Waals surface area (Å²) >= 11 is 8.47. The lowest BCUT2D eigenvalue weighted by atomic mass is 10.2. The number of para-hydroxylation sites is 1. The molecule has 3 heterocycles. The van der Waals surface area contributed by atoms with Gasteiger partial charge in [-0.15, -0.1) is 0 Å². The van der Waals surface area contributed by atoms with Crippen LogP contribution in [0.2, 0.25) is 5.15 Å². The maximum Gasteiger partial charge on any atom is 0.419 e. The van der Waals surface area contributed by atoms with Crippen LogP contribution in [0.15, 0.2) is 43.0 Å². The molecule has 0 aliphatic carbocycles. The van der Waals surface area contributed by atoms with Crippen molar-refractivity contribution in [3.63, 3.8) is 0 Å². The molecule has 3 aromatic heterocycles. The van der Waals surface area contributed by atoms with Gasteiger partial charge in [-0.3, -0.25) is 9.13 Å². The van der Waals surface area contributed by atoms with Crippen molar-refractivity contribution in [2.75, 3.05) is 0 Å². The molecule has 0 atom stereocenters. The second-order valence-electron chi connectivity index (χ2n) is 7.09. The Morgan fingerprint density at radius 3 is 2.67 bits per heavy atom. The molecule has 4 aromatic rings. The number of benzene rings is 1. The van der Waals surface area contributed by atoms with Crippen LogP contribution in [0, 0.1) is 3.57 Å². The molecular weight excluding hydrogens is 479 g/mol. The molecule has 0 unspecified atom stereocenters. The van der Waals surface area contributed by atoms with Crippen LogP contribution in [-0.2, 0) is 4.74 Å². The van der Waals surface area contributed by atoms with Crippen molar-refractivity contribution in [2.45, 2.75) is 26.4 Å². The van der Waals surface area contributed by atoms with Crippen LogP contribution in [0.1, 0.15) is 20.8 Å². The minimum Gasteiger partial charge on any atom is -0.443 e. The van der Waals surface area contributed by atoms with Crippen LogP contribution < -0.4 is 0 Å². The third kappa shape index (κ3) is 3.19.